The molecule has 3 aromatic rings. The van der Waals surface area contributed by atoms with E-state index in [2.05, 4.69) is 25.2 Å². The molecule has 3 heterocycles. The molecule has 0 saturated carbocycles. The molecule has 12 heteroatoms. The number of H-pyrrole nitrogens is 1. The normalized spacial score (nSPS) is 19.6. The van der Waals surface area contributed by atoms with Crippen LogP contribution in [0, 0.1) is 0 Å². The fourth-order valence-corrected chi connectivity index (χ4v) is 4.95. The number of ether oxygens (including phenoxy) is 2. The highest BCUT2D eigenvalue weighted by Crippen LogP contribution is 2.38. The van der Waals surface area contributed by atoms with Crippen LogP contribution < -0.4 is 30.7 Å². The zero-order chi connectivity index (χ0) is 25.3. The van der Waals surface area contributed by atoms with Crippen LogP contribution in [0.5, 0.6) is 5.75 Å². The summed E-state index contributed by atoms with van der Waals surface area (Å²) in [5, 5.41) is 6.55. The molecule has 5 rings (SSSR count). The first-order valence-corrected chi connectivity index (χ1v) is 13.3. The molecule has 0 bridgehead atoms. The number of aromatic amines is 1. The fourth-order valence-electron chi connectivity index (χ4n) is 4.37. The quantitative estimate of drug-likeness (QED) is 0.339. The van der Waals surface area contributed by atoms with Crippen molar-refractivity contribution in [1.82, 2.24) is 4.98 Å². The van der Waals surface area contributed by atoms with Gasteiger partial charge in [-0.2, -0.15) is 0 Å². The van der Waals surface area contributed by atoms with Crippen molar-refractivity contribution in [3.63, 3.8) is 0 Å². The summed E-state index contributed by atoms with van der Waals surface area (Å²) in [7, 11) is -1.88. The summed E-state index contributed by atoms with van der Waals surface area (Å²) in [6, 6.07) is 14.7. The monoisotopic (exact) mass is 511 g/mol. The van der Waals surface area contributed by atoms with E-state index in [4.69, 9.17) is 20.2 Å². The fraction of sp³-hybridized carbons (Fsp3) is 0.292. The molecule has 11 nitrogen and oxygen atoms in total. The molecule has 190 valence electrons. The molecule has 1 atom stereocenters. The van der Waals surface area contributed by atoms with E-state index in [1.165, 1.54) is 0 Å². The molecule has 0 aliphatic carbocycles. The SMILES string of the molecule is COc1cc(N2CCOCC2)ccc1C1(N)N=C(Nc2ccccc2NS(C)(=O)=O)c2[nH]ccc2N1. The number of methoxy groups -OCH3 is 1. The van der Waals surface area contributed by atoms with Crippen LogP contribution >= 0.6 is 0 Å². The first-order chi connectivity index (χ1) is 17.3. The van der Waals surface area contributed by atoms with E-state index in [1.54, 1.807) is 37.6 Å². The third kappa shape index (κ3) is 4.83. The summed E-state index contributed by atoms with van der Waals surface area (Å²) < 4.78 is 37.5. The van der Waals surface area contributed by atoms with Crippen LogP contribution in [0.2, 0.25) is 0 Å². The van der Waals surface area contributed by atoms with Gasteiger partial charge in [0.15, 0.2) is 5.84 Å². The van der Waals surface area contributed by atoms with Crippen molar-refractivity contribution in [1.29, 1.82) is 0 Å². The van der Waals surface area contributed by atoms with Crippen molar-refractivity contribution < 1.29 is 17.9 Å². The smallest absolute Gasteiger partial charge is 0.229 e. The Kier molecular flexibility index (Phi) is 6.24. The van der Waals surface area contributed by atoms with Gasteiger partial charge in [-0.15, -0.1) is 0 Å². The first-order valence-electron chi connectivity index (χ1n) is 11.5. The number of fused-ring (bicyclic) bond motifs is 1. The summed E-state index contributed by atoms with van der Waals surface area (Å²) in [5.41, 5.74) is 10.9. The van der Waals surface area contributed by atoms with Gasteiger partial charge in [-0.1, -0.05) is 12.1 Å². The molecular weight excluding hydrogens is 482 g/mol. The topological polar surface area (TPSA) is 146 Å². The number of aliphatic imine (C=N–C) groups is 1. The van der Waals surface area contributed by atoms with Crippen LogP contribution in [-0.4, -0.2) is 58.9 Å². The van der Waals surface area contributed by atoms with Crippen molar-refractivity contribution in [3.05, 3.63) is 66.0 Å². The molecule has 1 aromatic heterocycles. The van der Waals surface area contributed by atoms with Gasteiger partial charge in [0.25, 0.3) is 0 Å². The van der Waals surface area contributed by atoms with Gasteiger partial charge in [0.2, 0.25) is 15.8 Å². The van der Waals surface area contributed by atoms with E-state index >= 15 is 0 Å². The van der Waals surface area contributed by atoms with Crippen molar-refractivity contribution in [2.45, 2.75) is 5.79 Å². The maximum absolute atomic E-state index is 11.9. The van der Waals surface area contributed by atoms with E-state index in [9.17, 15) is 8.42 Å². The minimum absolute atomic E-state index is 0.393. The zero-order valence-corrected chi connectivity index (χ0v) is 20.9. The molecule has 2 aliphatic rings. The Morgan fingerprint density at radius 1 is 1.14 bits per heavy atom. The average molecular weight is 512 g/mol. The van der Waals surface area contributed by atoms with E-state index in [-0.39, 0.29) is 0 Å². The second-order valence-electron chi connectivity index (χ2n) is 8.65. The molecule has 1 unspecified atom stereocenters. The van der Waals surface area contributed by atoms with Crippen LogP contribution in [0.15, 0.2) is 59.7 Å². The van der Waals surface area contributed by atoms with Gasteiger partial charge in [-0.3, -0.25) is 10.5 Å². The number of morpholine rings is 1. The van der Waals surface area contributed by atoms with Crippen molar-refractivity contribution in [3.8, 4) is 5.75 Å². The number of aromatic nitrogens is 1. The van der Waals surface area contributed by atoms with Crippen LogP contribution in [-0.2, 0) is 20.5 Å². The highest BCUT2D eigenvalue weighted by atomic mass is 32.2. The molecule has 2 aromatic carbocycles. The molecule has 1 fully saturated rings. The molecule has 1 saturated heterocycles. The molecule has 6 N–H and O–H groups in total. The molecule has 2 aliphatic heterocycles. The maximum atomic E-state index is 11.9. The van der Waals surface area contributed by atoms with Gasteiger partial charge in [0, 0.05) is 31.0 Å². The lowest BCUT2D eigenvalue weighted by Gasteiger charge is -2.35. The number of hydrogen-bond acceptors (Lipinski definition) is 9. The lowest BCUT2D eigenvalue weighted by Crippen LogP contribution is -2.47. The van der Waals surface area contributed by atoms with E-state index in [0.29, 0.717) is 47.4 Å². The Morgan fingerprint density at radius 2 is 1.89 bits per heavy atom. The number of amidine groups is 1. The van der Waals surface area contributed by atoms with Gasteiger partial charge in [0.1, 0.15) is 11.4 Å². The van der Waals surface area contributed by atoms with E-state index in [1.807, 2.05) is 24.3 Å². The summed E-state index contributed by atoms with van der Waals surface area (Å²) in [5.74, 6) is -0.320. The second-order valence-corrected chi connectivity index (χ2v) is 10.4. The minimum Gasteiger partial charge on any atom is -0.496 e. The average Bonchev–Trinajstić information content (AvgIpc) is 3.33. The lowest BCUT2D eigenvalue weighted by molar-refractivity contribution is 0.122. The number of nitrogens with zero attached hydrogens (tertiary/aromatic N) is 2. The number of nitrogens with one attached hydrogen (secondary N) is 4. The Balaban J connectivity index is 1.53. The largest absolute Gasteiger partial charge is 0.496 e. The number of benzene rings is 2. The summed E-state index contributed by atoms with van der Waals surface area (Å²) in [6.45, 7) is 2.96. The number of rotatable bonds is 6. The van der Waals surface area contributed by atoms with Crippen LogP contribution in [0.25, 0.3) is 0 Å². The number of sulfonamides is 1. The van der Waals surface area contributed by atoms with Gasteiger partial charge < -0.3 is 30.0 Å². The van der Waals surface area contributed by atoms with Crippen LogP contribution in [0.3, 0.4) is 0 Å². The lowest BCUT2D eigenvalue weighted by atomic mass is 10.0. The Hall–Kier alpha value is -3.74. The molecule has 0 radical (unpaired) electrons. The molecule has 0 spiro atoms. The third-order valence-corrected chi connectivity index (χ3v) is 6.64. The Morgan fingerprint density at radius 3 is 2.61 bits per heavy atom. The molecule has 36 heavy (non-hydrogen) atoms. The predicted molar refractivity (Wildman–Crippen MR) is 141 cm³/mol. The highest BCUT2D eigenvalue weighted by molar-refractivity contribution is 7.92. The number of nitrogens with two attached hydrogens (primary N) is 1. The third-order valence-electron chi connectivity index (χ3n) is 6.04. The first kappa shape index (κ1) is 24.0. The second kappa shape index (κ2) is 9.37. The summed E-state index contributed by atoms with van der Waals surface area (Å²) in [4.78, 5) is 10.2. The van der Waals surface area contributed by atoms with Gasteiger partial charge in [0.05, 0.1) is 49.2 Å². The van der Waals surface area contributed by atoms with Crippen molar-refractivity contribution in [2.24, 2.45) is 10.7 Å². The molecule has 0 amide bonds. The molecular formula is C24H29N7O4S. The van der Waals surface area contributed by atoms with Gasteiger partial charge in [-0.25, -0.2) is 13.4 Å². The van der Waals surface area contributed by atoms with Crippen LogP contribution in [0.1, 0.15) is 11.3 Å². The van der Waals surface area contributed by atoms with Crippen molar-refractivity contribution >= 4 is 38.6 Å². The number of para-hydroxylation sites is 2. The predicted octanol–water partition coefficient (Wildman–Crippen LogP) is 2.28. The standard InChI is InChI=1S/C24H29N7O4S/c1-34-21-15-16(31-11-13-35-14-12-31)7-8-17(21)24(25)28-20-9-10-26-22(20)23(29-24)27-18-5-3-4-6-19(18)30-36(2,32)33/h3-10,15,26,28,30H,11-14,25H2,1-2H3,(H,27,29). The van der Waals surface area contributed by atoms with Gasteiger partial charge in [-0.05, 0) is 30.3 Å². The minimum atomic E-state index is -3.48. The maximum Gasteiger partial charge on any atom is 0.229 e. The summed E-state index contributed by atoms with van der Waals surface area (Å²) in [6.07, 6.45) is 2.88. The van der Waals surface area contributed by atoms with E-state index in [0.717, 1.165) is 30.7 Å². The highest BCUT2D eigenvalue weighted by Gasteiger charge is 2.36. The van der Waals surface area contributed by atoms with E-state index < -0.39 is 15.8 Å². The van der Waals surface area contributed by atoms with Crippen molar-refractivity contribution in [2.75, 3.05) is 59.9 Å². The summed E-state index contributed by atoms with van der Waals surface area (Å²) >= 11 is 0. The van der Waals surface area contributed by atoms with Crippen LogP contribution in [0.4, 0.5) is 22.7 Å². The number of anilines is 4. The Bertz CT molecular complexity index is 1400. The number of hydrogen-bond donors (Lipinski definition) is 5. The zero-order valence-electron chi connectivity index (χ0n) is 20.0. The van der Waals surface area contributed by atoms with Gasteiger partial charge >= 0.3 is 0 Å². The Labute approximate surface area is 209 Å².